The minimum atomic E-state index is -1.11. The van der Waals surface area contributed by atoms with Gasteiger partial charge in [0, 0.05) is 29.2 Å². The fourth-order valence-corrected chi connectivity index (χ4v) is 2.68. The van der Waals surface area contributed by atoms with Gasteiger partial charge in [0.25, 0.3) is 0 Å². The molecule has 0 saturated carbocycles. The van der Waals surface area contributed by atoms with Crippen molar-refractivity contribution in [2.75, 3.05) is 5.32 Å². The number of anilines is 2. The summed E-state index contributed by atoms with van der Waals surface area (Å²) in [5.41, 5.74) is 1.50. The summed E-state index contributed by atoms with van der Waals surface area (Å²) in [7, 11) is 0. The van der Waals surface area contributed by atoms with Gasteiger partial charge in [0.05, 0.1) is 21.5 Å². The maximum absolute atomic E-state index is 14.1. The Hall–Kier alpha value is -2.51. The average Bonchev–Trinajstić information content (AvgIpc) is 2.67. The van der Waals surface area contributed by atoms with Crippen LogP contribution in [0, 0.1) is 5.82 Å². The Morgan fingerprint density at radius 1 is 1.19 bits per heavy atom. The minimum absolute atomic E-state index is 0.0155. The first-order valence-electron chi connectivity index (χ1n) is 8.01. The van der Waals surface area contributed by atoms with Crippen molar-refractivity contribution in [2.45, 2.75) is 13.8 Å². The maximum atomic E-state index is 14.1. The number of aromatic carboxylic acids is 1. The first-order chi connectivity index (χ1) is 13.0. The van der Waals surface area contributed by atoms with Crippen LogP contribution in [0.4, 0.5) is 15.8 Å². The molecule has 1 aromatic carbocycles. The molecule has 0 atom stereocenters. The van der Waals surface area contributed by atoms with Gasteiger partial charge in [-0.25, -0.2) is 9.18 Å². The normalized spacial score (nSPS) is 9.96. The molecule has 0 saturated heterocycles. The van der Waals surface area contributed by atoms with Gasteiger partial charge < -0.3 is 10.4 Å². The van der Waals surface area contributed by atoms with Crippen molar-refractivity contribution in [3.8, 4) is 11.3 Å². The molecule has 0 aliphatic carbocycles. The van der Waals surface area contributed by atoms with E-state index in [2.05, 4.69) is 31.2 Å². The standard InChI is InChI=1S/C17H10BrClFN3O2.C2H6/c18-12-8-22-15(10-5-9(19)1-2-13(10)20)6-16(12)23-14-3-4-21-7-11(14)17(24)25;1-2/h1-8H,(H,24,25)(H,21,22,23);1-2H3. The molecule has 3 aromatic rings. The summed E-state index contributed by atoms with van der Waals surface area (Å²) in [5, 5.41) is 12.6. The molecule has 0 unspecified atom stereocenters. The number of carboxylic acid groups (broad SMARTS) is 1. The summed E-state index contributed by atoms with van der Waals surface area (Å²) in [6.45, 7) is 4.00. The minimum Gasteiger partial charge on any atom is -0.478 e. The van der Waals surface area contributed by atoms with Gasteiger partial charge in [-0.15, -0.1) is 0 Å². The van der Waals surface area contributed by atoms with Crippen LogP contribution in [0.3, 0.4) is 0 Å². The number of nitrogens with one attached hydrogen (secondary N) is 1. The summed E-state index contributed by atoms with van der Waals surface area (Å²) in [5.74, 6) is -1.57. The number of hydrogen-bond acceptors (Lipinski definition) is 4. The van der Waals surface area contributed by atoms with Crippen LogP contribution in [0.25, 0.3) is 11.3 Å². The molecular formula is C19H16BrClFN3O2. The number of benzene rings is 1. The molecule has 0 bridgehead atoms. The van der Waals surface area contributed by atoms with Gasteiger partial charge in [0.1, 0.15) is 11.4 Å². The Morgan fingerprint density at radius 2 is 1.93 bits per heavy atom. The van der Waals surface area contributed by atoms with Crippen LogP contribution in [0.2, 0.25) is 5.02 Å². The number of nitrogens with zero attached hydrogens (tertiary/aromatic N) is 2. The van der Waals surface area contributed by atoms with Crippen molar-refractivity contribution in [3.63, 3.8) is 0 Å². The van der Waals surface area contributed by atoms with E-state index < -0.39 is 11.8 Å². The predicted octanol–water partition coefficient (Wildman–Crippen LogP) is 6.17. The SMILES string of the molecule is CC.O=C(O)c1cnccc1Nc1cc(-c2cc(Cl)ccc2F)ncc1Br. The number of aromatic nitrogens is 2. The summed E-state index contributed by atoms with van der Waals surface area (Å²) < 4.78 is 14.7. The van der Waals surface area contributed by atoms with E-state index in [-0.39, 0.29) is 11.1 Å². The second-order valence-electron chi connectivity index (χ2n) is 5.02. The highest BCUT2D eigenvalue weighted by atomic mass is 79.9. The van der Waals surface area contributed by atoms with Crippen molar-refractivity contribution in [3.05, 3.63) is 69.8 Å². The van der Waals surface area contributed by atoms with E-state index in [4.69, 9.17) is 11.6 Å². The van der Waals surface area contributed by atoms with E-state index in [1.54, 1.807) is 6.07 Å². The summed E-state index contributed by atoms with van der Waals surface area (Å²) in [4.78, 5) is 19.3. The monoisotopic (exact) mass is 451 g/mol. The van der Waals surface area contributed by atoms with E-state index in [1.165, 1.54) is 42.9 Å². The molecule has 27 heavy (non-hydrogen) atoms. The summed E-state index contributed by atoms with van der Waals surface area (Å²) >= 11 is 9.28. The predicted molar refractivity (Wildman–Crippen MR) is 108 cm³/mol. The quantitative estimate of drug-likeness (QED) is 0.495. The molecule has 0 aliphatic rings. The third-order valence-corrected chi connectivity index (χ3v) is 4.25. The Kier molecular flexibility index (Phi) is 7.27. The number of hydrogen-bond donors (Lipinski definition) is 2. The Balaban J connectivity index is 0.00000126. The average molecular weight is 453 g/mol. The molecule has 0 aliphatic heterocycles. The number of pyridine rings is 2. The molecule has 0 spiro atoms. The van der Waals surface area contributed by atoms with Crippen LogP contribution in [0.1, 0.15) is 24.2 Å². The molecular weight excluding hydrogens is 437 g/mol. The smallest absolute Gasteiger partial charge is 0.339 e. The van der Waals surface area contributed by atoms with Crippen molar-refractivity contribution in [1.29, 1.82) is 0 Å². The third kappa shape index (κ3) is 5.02. The lowest BCUT2D eigenvalue weighted by Gasteiger charge is -2.12. The van der Waals surface area contributed by atoms with Gasteiger partial charge in [-0.1, -0.05) is 25.4 Å². The molecule has 0 radical (unpaired) electrons. The second-order valence-corrected chi connectivity index (χ2v) is 6.32. The summed E-state index contributed by atoms with van der Waals surface area (Å²) in [6.07, 6.45) is 4.22. The molecule has 2 N–H and O–H groups in total. The molecule has 2 aromatic heterocycles. The molecule has 8 heteroatoms. The molecule has 5 nitrogen and oxygen atoms in total. The molecule has 0 amide bonds. The van der Waals surface area contributed by atoms with E-state index in [0.29, 0.717) is 26.6 Å². The van der Waals surface area contributed by atoms with Gasteiger partial charge in [-0.05, 0) is 46.3 Å². The highest BCUT2D eigenvalue weighted by molar-refractivity contribution is 9.10. The van der Waals surface area contributed by atoms with E-state index >= 15 is 0 Å². The van der Waals surface area contributed by atoms with Crippen LogP contribution in [0.15, 0.2) is 53.4 Å². The third-order valence-electron chi connectivity index (χ3n) is 3.38. The van der Waals surface area contributed by atoms with Gasteiger partial charge in [0.2, 0.25) is 0 Å². The first-order valence-corrected chi connectivity index (χ1v) is 9.18. The number of carbonyl (C=O) groups is 1. The Labute approximate surface area is 169 Å². The van der Waals surface area contributed by atoms with Crippen molar-refractivity contribution < 1.29 is 14.3 Å². The van der Waals surface area contributed by atoms with Gasteiger partial charge in [-0.2, -0.15) is 0 Å². The van der Waals surface area contributed by atoms with Gasteiger partial charge in [0.15, 0.2) is 0 Å². The zero-order chi connectivity index (χ0) is 20.0. The second kappa shape index (κ2) is 9.43. The van der Waals surface area contributed by atoms with E-state index in [9.17, 15) is 14.3 Å². The number of rotatable bonds is 4. The first kappa shape index (κ1) is 20.8. The van der Waals surface area contributed by atoms with Crippen molar-refractivity contribution in [2.24, 2.45) is 0 Å². The maximum Gasteiger partial charge on any atom is 0.339 e. The lowest BCUT2D eigenvalue weighted by Crippen LogP contribution is -2.04. The van der Waals surface area contributed by atoms with Gasteiger partial charge >= 0.3 is 5.97 Å². The molecule has 0 fully saturated rings. The highest BCUT2D eigenvalue weighted by Crippen LogP contribution is 2.32. The van der Waals surface area contributed by atoms with Crippen LogP contribution in [-0.2, 0) is 0 Å². The van der Waals surface area contributed by atoms with Crippen LogP contribution in [0.5, 0.6) is 0 Å². The topological polar surface area (TPSA) is 75.1 Å². The molecule has 2 heterocycles. The molecule has 3 rings (SSSR count). The van der Waals surface area contributed by atoms with E-state index in [1.807, 2.05) is 13.8 Å². The molecule has 140 valence electrons. The van der Waals surface area contributed by atoms with Crippen LogP contribution in [-0.4, -0.2) is 21.0 Å². The number of carboxylic acids is 1. The van der Waals surface area contributed by atoms with Crippen molar-refractivity contribution in [1.82, 2.24) is 9.97 Å². The van der Waals surface area contributed by atoms with Gasteiger partial charge in [-0.3, -0.25) is 9.97 Å². The lowest BCUT2D eigenvalue weighted by molar-refractivity contribution is 0.0697. The van der Waals surface area contributed by atoms with Crippen LogP contribution >= 0.6 is 27.5 Å². The number of halogens is 3. The summed E-state index contributed by atoms with van der Waals surface area (Å²) in [6, 6.07) is 7.33. The van der Waals surface area contributed by atoms with Crippen LogP contribution < -0.4 is 5.32 Å². The fourth-order valence-electron chi connectivity index (χ4n) is 2.19. The fraction of sp³-hybridized carbons (Fsp3) is 0.105. The zero-order valence-corrected chi connectivity index (χ0v) is 16.8. The Bertz CT molecular complexity index is 969. The Morgan fingerprint density at radius 3 is 2.63 bits per heavy atom. The lowest BCUT2D eigenvalue weighted by atomic mass is 10.1. The van der Waals surface area contributed by atoms with E-state index in [0.717, 1.165) is 0 Å². The highest BCUT2D eigenvalue weighted by Gasteiger charge is 2.14. The zero-order valence-electron chi connectivity index (χ0n) is 14.5. The largest absolute Gasteiger partial charge is 0.478 e. The van der Waals surface area contributed by atoms with Crippen molar-refractivity contribution >= 4 is 44.9 Å².